The number of nitrogens with one attached hydrogen (secondary N) is 1. The number of rotatable bonds is 8. The molecule has 4 rings (SSSR count). The van der Waals surface area contributed by atoms with Gasteiger partial charge in [-0.2, -0.15) is 9.78 Å². The van der Waals surface area contributed by atoms with Gasteiger partial charge in [0, 0.05) is 22.8 Å². The topological polar surface area (TPSA) is 180 Å². The standard InChI is InChI=1S/C20H17N9O4S/c1-12-2-8-15(9-3-12)34-11-16-17(23-27-28(16)19-18(21)25-33-26-19)20(30)24-22-10-13-4-6-14(7-5-13)29(31)32/h2-10H,11H2,1H3,(H2,21,25)(H,24,30)/b22-10-. The van der Waals surface area contributed by atoms with E-state index in [4.69, 9.17) is 5.73 Å². The van der Waals surface area contributed by atoms with E-state index in [0.29, 0.717) is 17.0 Å². The molecule has 0 fully saturated rings. The lowest BCUT2D eigenvalue weighted by Gasteiger charge is -2.06. The fraction of sp³-hybridized carbons (Fsp3) is 0.100. The molecule has 34 heavy (non-hydrogen) atoms. The van der Waals surface area contributed by atoms with Crippen molar-refractivity contribution in [1.82, 2.24) is 30.7 Å². The lowest BCUT2D eigenvalue weighted by Crippen LogP contribution is -2.20. The number of carbonyl (C=O) groups is 1. The Kier molecular flexibility index (Phi) is 6.59. The number of amides is 1. The Bertz CT molecular complexity index is 1350. The molecule has 0 aliphatic rings. The van der Waals surface area contributed by atoms with Crippen LogP contribution in [0.4, 0.5) is 11.5 Å². The van der Waals surface area contributed by atoms with Gasteiger partial charge in [-0.3, -0.25) is 14.9 Å². The Morgan fingerprint density at radius 1 is 1.24 bits per heavy atom. The summed E-state index contributed by atoms with van der Waals surface area (Å²) >= 11 is 1.47. The summed E-state index contributed by atoms with van der Waals surface area (Å²) in [5.74, 6) is -0.189. The molecule has 1 amide bonds. The van der Waals surface area contributed by atoms with Crippen molar-refractivity contribution < 1.29 is 14.3 Å². The summed E-state index contributed by atoms with van der Waals surface area (Å²) in [5.41, 5.74) is 10.3. The number of thioether (sulfide) groups is 1. The molecule has 0 spiro atoms. The third-order valence-corrected chi connectivity index (χ3v) is 5.58. The average molecular weight is 479 g/mol. The summed E-state index contributed by atoms with van der Waals surface area (Å²) in [6.07, 6.45) is 1.35. The van der Waals surface area contributed by atoms with Gasteiger partial charge >= 0.3 is 0 Å². The van der Waals surface area contributed by atoms with Crippen molar-refractivity contribution in [2.45, 2.75) is 17.6 Å². The van der Waals surface area contributed by atoms with E-state index >= 15 is 0 Å². The van der Waals surface area contributed by atoms with Crippen LogP contribution < -0.4 is 11.2 Å². The summed E-state index contributed by atoms with van der Waals surface area (Å²) in [6, 6.07) is 13.6. The Morgan fingerprint density at radius 2 is 1.97 bits per heavy atom. The second-order valence-corrected chi connectivity index (χ2v) is 7.97. The predicted octanol–water partition coefficient (Wildman–Crippen LogP) is 2.51. The van der Waals surface area contributed by atoms with Gasteiger partial charge in [0.05, 0.1) is 16.8 Å². The summed E-state index contributed by atoms with van der Waals surface area (Å²) in [6.45, 7) is 1.99. The molecule has 0 atom stereocenters. The van der Waals surface area contributed by atoms with E-state index in [1.54, 1.807) is 0 Å². The molecule has 172 valence electrons. The molecule has 13 nitrogen and oxygen atoms in total. The molecule has 0 bridgehead atoms. The van der Waals surface area contributed by atoms with Crippen molar-refractivity contribution in [1.29, 1.82) is 0 Å². The van der Waals surface area contributed by atoms with E-state index in [2.05, 4.69) is 35.8 Å². The Balaban J connectivity index is 1.54. The van der Waals surface area contributed by atoms with Crippen LogP contribution in [-0.4, -0.2) is 42.4 Å². The first kappa shape index (κ1) is 22.6. The van der Waals surface area contributed by atoms with Crippen LogP contribution in [0.1, 0.15) is 27.3 Å². The molecule has 14 heteroatoms. The van der Waals surface area contributed by atoms with E-state index in [1.165, 1.54) is 46.9 Å². The quantitative estimate of drug-likeness (QED) is 0.165. The lowest BCUT2D eigenvalue weighted by molar-refractivity contribution is -0.384. The van der Waals surface area contributed by atoms with E-state index in [-0.39, 0.29) is 23.0 Å². The van der Waals surface area contributed by atoms with Gasteiger partial charge in [0.1, 0.15) is 0 Å². The fourth-order valence-corrected chi connectivity index (χ4v) is 3.69. The van der Waals surface area contributed by atoms with Crippen LogP contribution in [0.2, 0.25) is 0 Å². The zero-order chi connectivity index (χ0) is 24.1. The van der Waals surface area contributed by atoms with Gasteiger partial charge in [-0.25, -0.2) is 10.1 Å². The molecule has 3 N–H and O–H groups in total. The highest BCUT2D eigenvalue weighted by Crippen LogP contribution is 2.26. The molecule has 0 unspecified atom stereocenters. The van der Waals surface area contributed by atoms with E-state index in [1.807, 2.05) is 31.2 Å². The minimum Gasteiger partial charge on any atom is -0.378 e. The number of benzene rings is 2. The number of aryl methyl sites for hydroxylation is 1. The van der Waals surface area contributed by atoms with E-state index in [9.17, 15) is 14.9 Å². The van der Waals surface area contributed by atoms with Crippen molar-refractivity contribution in [3.8, 4) is 5.82 Å². The highest BCUT2D eigenvalue weighted by Gasteiger charge is 2.24. The molecule has 2 heterocycles. The maximum absolute atomic E-state index is 12.8. The Labute approximate surface area is 196 Å². The maximum atomic E-state index is 12.8. The number of carbonyl (C=O) groups excluding carboxylic acids is 1. The summed E-state index contributed by atoms with van der Waals surface area (Å²) in [4.78, 5) is 24.0. The molecular formula is C20H17N9O4S. The van der Waals surface area contributed by atoms with E-state index in [0.717, 1.165) is 10.5 Å². The number of nitrogens with two attached hydrogens (primary N) is 1. The number of aromatic nitrogens is 5. The van der Waals surface area contributed by atoms with Gasteiger partial charge in [-0.15, -0.1) is 16.9 Å². The van der Waals surface area contributed by atoms with Gasteiger partial charge in [0.25, 0.3) is 11.6 Å². The van der Waals surface area contributed by atoms with Crippen LogP contribution in [-0.2, 0) is 5.75 Å². The normalized spacial score (nSPS) is 11.1. The molecule has 0 radical (unpaired) electrons. The van der Waals surface area contributed by atoms with Crippen LogP contribution in [0.25, 0.3) is 5.82 Å². The molecular weight excluding hydrogens is 462 g/mol. The van der Waals surface area contributed by atoms with Crippen molar-refractivity contribution in [2.75, 3.05) is 5.73 Å². The second-order valence-electron chi connectivity index (χ2n) is 6.92. The number of anilines is 1. The summed E-state index contributed by atoms with van der Waals surface area (Å²) in [7, 11) is 0. The van der Waals surface area contributed by atoms with Gasteiger partial charge in [0.15, 0.2) is 5.69 Å². The second kappa shape index (κ2) is 9.91. The van der Waals surface area contributed by atoms with Crippen LogP contribution in [0.5, 0.6) is 0 Å². The number of hydrazone groups is 1. The lowest BCUT2D eigenvalue weighted by atomic mass is 10.2. The first-order chi connectivity index (χ1) is 16.4. The Hall–Kier alpha value is -4.59. The summed E-state index contributed by atoms with van der Waals surface area (Å²) < 4.78 is 5.94. The van der Waals surface area contributed by atoms with Crippen LogP contribution >= 0.6 is 11.8 Å². The van der Waals surface area contributed by atoms with E-state index < -0.39 is 10.8 Å². The highest BCUT2D eigenvalue weighted by molar-refractivity contribution is 7.98. The molecule has 0 aliphatic carbocycles. The largest absolute Gasteiger partial charge is 0.378 e. The number of nitrogens with zero attached hydrogens (tertiary/aromatic N) is 7. The van der Waals surface area contributed by atoms with Gasteiger partial charge in [-0.1, -0.05) is 22.9 Å². The van der Waals surface area contributed by atoms with Crippen molar-refractivity contribution >= 4 is 35.4 Å². The van der Waals surface area contributed by atoms with Gasteiger partial charge in [-0.05, 0) is 47.1 Å². The zero-order valence-corrected chi connectivity index (χ0v) is 18.5. The average Bonchev–Trinajstić information content (AvgIpc) is 3.44. The molecule has 0 aliphatic heterocycles. The number of nitro benzene ring substituents is 1. The fourth-order valence-electron chi connectivity index (χ4n) is 2.80. The number of hydrogen-bond acceptors (Lipinski definition) is 11. The van der Waals surface area contributed by atoms with Gasteiger partial charge < -0.3 is 5.73 Å². The molecule has 2 aromatic carbocycles. The van der Waals surface area contributed by atoms with Gasteiger partial charge in [0.2, 0.25) is 11.6 Å². The first-order valence-corrected chi connectivity index (χ1v) is 10.7. The number of hydrogen-bond donors (Lipinski definition) is 2. The van der Waals surface area contributed by atoms with Crippen LogP contribution in [0, 0.1) is 17.0 Å². The van der Waals surface area contributed by atoms with Crippen molar-refractivity contribution in [3.63, 3.8) is 0 Å². The number of nitrogen functional groups attached to an aromatic ring is 1. The third-order valence-electron chi connectivity index (χ3n) is 4.55. The summed E-state index contributed by atoms with van der Waals surface area (Å²) in [5, 5.41) is 29.9. The Morgan fingerprint density at radius 3 is 2.62 bits per heavy atom. The predicted molar refractivity (Wildman–Crippen MR) is 123 cm³/mol. The maximum Gasteiger partial charge on any atom is 0.293 e. The monoisotopic (exact) mass is 479 g/mol. The first-order valence-electron chi connectivity index (χ1n) is 9.72. The molecule has 0 saturated heterocycles. The van der Waals surface area contributed by atoms with Crippen molar-refractivity contribution in [3.05, 3.63) is 81.2 Å². The number of non-ortho nitro benzene ring substituents is 1. The van der Waals surface area contributed by atoms with Crippen LogP contribution in [0.3, 0.4) is 0 Å². The SMILES string of the molecule is Cc1ccc(SCc2c(C(=O)N/N=C\c3ccc([N+](=O)[O-])cc3)nnn2-c2nonc2N)cc1. The number of nitro groups is 1. The van der Waals surface area contributed by atoms with Crippen LogP contribution in [0.15, 0.2) is 63.2 Å². The smallest absolute Gasteiger partial charge is 0.293 e. The molecule has 4 aromatic rings. The molecule has 0 saturated carbocycles. The minimum atomic E-state index is -0.612. The zero-order valence-electron chi connectivity index (χ0n) is 17.7. The van der Waals surface area contributed by atoms with Crippen molar-refractivity contribution in [2.24, 2.45) is 5.10 Å². The highest BCUT2D eigenvalue weighted by atomic mass is 32.2. The minimum absolute atomic E-state index is 0.00497. The molecule has 2 aromatic heterocycles. The third kappa shape index (κ3) is 5.07.